The second-order valence-corrected chi connectivity index (χ2v) is 5.89. The summed E-state index contributed by atoms with van der Waals surface area (Å²) < 4.78 is 0.537. The van der Waals surface area contributed by atoms with E-state index in [1.54, 1.807) is 18.3 Å². The summed E-state index contributed by atoms with van der Waals surface area (Å²) in [4.78, 5) is 11.8. The summed E-state index contributed by atoms with van der Waals surface area (Å²) in [5.41, 5.74) is 1.60. The second-order valence-electron chi connectivity index (χ2n) is 5.07. The van der Waals surface area contributed by atoms with Crippen LogP contribution in [0.3, 0.4) is 0 Å². The van der Waals surface area contributed by atoms with Gasteiger partial charge in [0, 0.05) is 17.3 Å². The second kappa shape index (κ2) is 4.78. The lowest BCUT2D eigenvalue weighted by Crippen LogP contribution is -2.14. The normalized spacial score (nSPS) is 11.6. The lowest BCUT2D eigenvalue weighted by atomic mass is 9.92. The van der Waals surface area contributed by atoms with Gasteiger partial charge < -0.3 is 4.98 Å². The average Bonchev–Trinajstić information content (AvgIpc) is 2.27. The number of nitrogens with one attached hydrogen (secondary N) is 1. The van der Waals surface area contributed by atoms with Crippen LogP contribution in [0.2, 0.25) is 5.02 Å². The van der Waals surface area contributed by atoms with Gasteiger partial charge in [-0.3, -0.25) is 4.98 Å². The minimum Gasteiger partial charge on any atom is -0.341 e. The highest BCUT2D eigenvalue weighted by Crippen LogP contribution is 2.25. The molecule has 0 unspecified atom stereocenters. The van der Waals surface area contributed by atoms with Crippen molar-refractivity contribution in [2.45, 2.75) is 26.2 Å². The SMILES string of the molecule is CC(C)(C)c1cc(=S)nc(-c2ncccc2Cl)[nH]1. The number of aromatic amines is 1. The van der Waals surface area contributed by atoms with Gasteiger partial charge in [0.2, 0.25) is 0 Å². The predicted octanol–water partition coefficient (Wildman–Crippen LogP) is 4.15. The molecule has 5 heteroatoms. The zero-order valence-electron chi connectivity index (χ0n) is 10.5. The van der Waals surface area contributed by atoms with Crippen LogP contribution in [0.4, 0.5) is 0 Å². The Kier molecular flexibility index (Phi) is 3.50. The van der Waals surface area contributed by atoms with Crippen molar-refractivity contribution in [2.75, 3.05) is 0 Å². The maximum absolute atomic E-state index is 6.12. The molecule has 2 heterocycles. The lowest BCUT2D eigenvalue weighted by Gasteiger charge is -2.19. The molecule has 1 N–H and O–H groups in total. The van der Waals surface area contributed by atoms with Gasteiger partial charge in [0.1, 0.15) is 10.3 Å². The molecular formula is C13H14ClN3S. The summed E-state index contributed by atoms with van der Waals surface area (Å²) in [6.07, 6.45) is 1.68. The number of nitrogens with zero attached hydrogens (tertiary/aromatic N) is 2. The first kappa shape index (κ1) is 13.2. The number of pyridine rings is 1. The number of hydrogen-bond donors (Lipinski definition) is 1. The van der Waals surface area contributed by atoms with Crippen LogP contribution < -0.4 is 0 Å². The van der Waals surface area contributed by atoms with Crippen molar-refractivity contribution in [3.63, 3.8) is 0 Å². The van der Waals surface area contributed by atoms with Crippen molar-refractivity contribution in [3.8, 4) is 11.5 Å². The quantitative estimate of drug-likeness (QED) is 0.797. The molecule has 0 saturated carbocycles. The molecule has 0 spiro atoms. The summed E-state index contributed by atoms with van der Waals surface area (Å²) in [5, 5.41) is 0.557. The van der Waals surface area contributed by atoms with Crippen molar-refractivity contribution >= 4 is 23.8 Å². The van der Waals surface area contributed by atoms with Crippen LogP contribution in [0.25, 0.3) is 11.5 Å². The number of rotatable bonds is 1. The largest absolute Gasteiger partial charge is 0.341 e. The van der Waals surface area contributed by atoms with E-state index in [9.17, 15) is 0 Å². The highest BCUT2D eigenvalue weighted by Gasteiger charge is 2.17. The Morgan fingerprint density at radius 2 is 2.06 bits per heavy atom. The van der Waals surface area contributed by atoms with Gasteiger partial charge in [-0.25, -0.2) is 4.98 Å². The fraction of sp³-hybridized carbons (Fsp3) is 0.308. The van der Waals surface area contributed by atoms with E-state index in [-0.39, 0.29) is 5.41 Å². The average molecular weight is 280 g/mol. The zero-order valence-corrected chi connectivity index (χ0v) is 12.1. The van der Waals surface area contributed by atoms with E-state index in [1.807, 2.05) is 6.07 Å². The standard InChI is InChI=1S/C13H14ClN3S/c1-13(2,3)9-7-10(18)17-12(16-9)11-8(14)5-4-6-15-11/h4-7H,1-3H3,(H,16,17,18). The predicted molar refractivity (Wildman–Crippen MR) is 76.4 cm³/mol. The van der Waals surface area contributed by atoms with E-state index >= 15 is 0 Å². The summed E-state index contributed by atoms with van der Waals surface area (Å²) in [7, 11) is 0. The first-order valence-electron chi connectivity index (χ1n) is 5.60. The maximum Gasteiger partial charge on any atom is 0.159 e. The fourth-order valence-corrected chi connectivity index (χ4v) is 1.95. The third-order valence-corrected chi connectivity index (χ3v) is 3.05. The van der Waals surface area contributed by atoms with Gasteiger partial charge in [0.15, 0.2) is 5.82 Å². The van der Waals surface area contributed by atoms with Crippen molar-refractivity contribution in [3.05, 3.63) is 39.8 Å². The number of H-pyrrole nitrogens is 1. The van der Waals surface area contributed by atoms with Gasteiger partial charge in [-0.2, -0.15) is 0 Å². The molecule has 94 valence electrons. The van der Waals surface area contributed by atoms with Crippen LogP contribution in [-0.2, 0) is 5.41 Å². The van der Waals surface area contributed by atoms with Gasteiger partial charge in [-0.05, 0) is 18.2 Å². The fourth-order valence-electron chi connectivity index (χ4n) is 1.53. The van der Waals surface area contributed by atoms with Gasteiger partial charge in [0.05, 0.1) is 5.02 Å². The lowest BCUT2D eigenvalue weighted by molar-refractivity contribution is 0.567. The van der Waals surface area contributed by atoms with Gasteiger partial charge >= 0.3 is 0 Å². The number of aromatic nitrogens is 3. The topological polar surface area (TPSA) is 41.6 Å². The first-order valence-corrected chi connectivity index (χ1v) is 6.39. The Morgan fingerprint density at radius 3 is 2.67 bits per heavy atom. The smallest absolute Gasteiger partial charge is 0.159 e. The summed E-state index contributed by atoms with van der Waals surface area (Å²) in [6.45, 7) is 6.33. The van der Waals surface area contributed by atoms with Crippen LogP contribution in [0.5, 0.6) is 0 Å². The molecule has 0 atom stereocenters. The highest BCUT2D eigenvalue weighted by atomic mass is 35.5. The van der Waals surface area contributed by atoms with Crippen molar-refractivity contribution in [1.29, 1.82) is 0 Å². The summed E-state index contributed by atoms with van der Waals surface area (Å²) >= 11 is 11.3. The molecule has 3 nitrogen and oxygen atoms in total. The van der Waals surface area contributed by atoms with Crippen molar-refractivity contribution in [1.82, 2.24) is 15.0 Å². The zero-order chi connectivity index (χ0) is 13.3. The molecule has 18 heavy (non-hydrogen) atoms. The molecule has 0 amide bonds. The molecule has 0 bridgehead atoms. The molecule has 0 aliphatic rings. The van der Waals surface area contributed by atoms with E-state index in [2.05, 4.69) is 35.7 Å². The number of hydrogen-bond acceptors (Lipinski definition) is 3. The Hall–Kier alpha value is -1.26. The first-order chi connectivity index (χ1) is 8.38. The molecule has 2 aromatic heterocycles. The molecule has 0 aromatic carbocycles. The summed E-state index contributed by atoms with van der Waals surface area (Å²) in [5.74, 6) is 0.609. The Balaban J connectivity index is 2.63. The monoisotopic (exact) mass is 279 g/mol. The molecular weight excluding hydrogens is 266 g/mol. The van der Waals surface area contributed by atoms with Crippen LogP contribution in [-0.4, -0.2) is 15.0 Å². The Labute approximate surface area is 116 Å². The van der Waals surface area contributed by atoms with E-state index in [0.29, 0.717) is 21.2 Å². The van der Waals surface area contributed by atoms with Crippen LogP contribution in [0, 0.1) is 4.64 Å². The molecule has 0 aliphatic heterocycles. The Morgan fingerprint density at radius 1 is 1.33 bits per heavy atom. The third-order valence-electron chi connectivity index (χ3n) is 2.53. The minimum atomic E-state index is -0.0352. The molecule has 2 aromatic rings. The van der Waals surface area contributed by atoms with E-state index in [4.69, 9.17) is 23.8 Å². The maximum atomic E-state index is 6.12. The van der Waals surface area contributed by atoms with Crippen molar-refractivity contribution < 1.29 is 0 Å². The van der Waals surface area contributed by atoms with Crippen molar-refractivity contribution in [2.24, 2.45) is 0 Å². The minimum absolute atomic E-state index is 0.0352. The Bertz CT molecular complexity index is 629. The van der Waals surface area contributed by atoms with E-state index in [0.717, 1.165) is 5.69 Å². The summed E-state index contributed by atoms with van der Waals surface area (Å²) in [6, 6.07) is 5.44. The van der Waals surface area contributed by atoms with E-state index < -0.39 is 0 Å². The molecule has 0 aliphatic carbocycles. The molecule has 0 radical (unpaired) electrons. The molecule has 2 rings (SSSR count). The molecule has 0 saturated heterocycles. The van der Waals surface area contributed by atoms with Gasteiger partial charge in [-0.15, -0.1) is 0 Å². The van der Waals surface area contributed by atoms with Crippen LogP contribution >= 0.6 is 23.8 Å². The third kappa shape index (κ3) is 2.76. The van der Waals surface area contributed by atoms with Crippen LogP contribution in [0.15, 0.2) is 24.4 Å². The molecule has 0 fully saturated rings. The highest BCUT2D eigenvalue weighted by molar-refractivity contribution is 7.71. The van der Waals surface area contributed by atoms with E-state index in [1.165, 1.54) is 0 Å². The van der Waals surface area contributed by atoms with Crippen LogP contribution in [0.1, 0.15) is 26.5 Å². The van der Waals surface area contributed by atoms with Gasteiger partial charge in [0.25, 0.3) is 0 Å². The number of halogens is 1. The van der Waals surface area contributed by atoms with Gasteiger partial charge in [-0.1, -0.05) is 44.6 Å².